The van der Waals surface area contributed by atoms with E-state index >= 15 is 0 Å². The van der Waals surface area contributed by atoms with Crippen LogP contribution in [0.15, 0.2) is 0 Å². The maximum Gasteiger partial charge on any atom is 0.0547 e. The predicted octanol–water partition coefficient (Wildman–Crippen LogP) is 2.27. The molecule has 1 unspecified atom stereocenters. The van der Waals surface area contributed by atoms with E-state index in [0.717, 1.165) is 31.8 Å². The summed E-state index contributed by atoms with van der Waals surface area (Å²) in [5.74, 6) is 0. The minimum absolute atomic E-state index is 0.361. The molecule has 0 bridgehead atoms. The maximum atomic E-state index is 5.69. The Hall–Kier alpha value is -0.120. The van der Waals surface area contributed by atoms with Gasteiger partial charge in [0.25, 0.3) is 0 Å². The van der Waals surface area contributed by atoms with Crippen molar-refractivity contribution in [3.63, 3.8) is 0 Å². The van der Waals surface area contributed by atoms with Gasteiger partial charge in [-0.1, -0.05) is 13.8 Å². The van der Waals surface area contributed by atoms with E-state index in [2.05, 4.69) is 31.1 Å². The van der Waals surface area contributed by atoms with Crippen molar-refractivity contribution in [2.45, 2.75) is 58.0 Å². The van der Waals surface area contributed by atoms with E-state index < -0.39 is 0 Å². The fourth-order valence-corrected chi connectivity index (χ4v) is 3.19. The number of ether oxygens (including phenoxy) is 1. The molecule has 1 saturated carbocycles. The third-order valence-corrected chi connectivity index (χ3v) is 4.68. The summed E-state index contributed by atoms with van der Waals surface area (Å²) in [7, 11) is 2.29. The van der Waals surface area contributed by atoms with E-state index in [1.807, 2.05) is 0 Å². The first kappa shape index (κ1) is 14.3. The molecule has 0 amide bonds. The van der Waals surface area contributed by atoms with Gasteiger partial charge in [-0.2, -0.15) is 0 Å². The second-order valence-electron chi connectivity index (χ2n) is 6.34. The highest BCUT2D eigenvalue weighted by Crippen LogP contribution is 2.31. The number of nitrogens with zero attached hydrogens (tertiary/aromatic N) is 1. The van der Waals surface area contributed by atoms with Crippen molar-refractivity contribution in [1.29, 1.82) is 0 Å². The van der Waals surface area contributed by atoms with Crippen LogP contribution in [-0.4, -0.2) is 50.3 Å². The summed E-state index contributed by atoms with van der Waals surface area (Å²) in [5, 5.41) is 3.71. The normalized spacial score (nSPS) is 28.5. The first-order chi connectivity index (χ1) is 8.69. The van der Waals surface area contributed by atoms with Gasteiger partial charge in [-0.15, -0.1) is 0 Å². The summed E-state index contributed by atoms with van der Waals surface area (Å²) >= 11 is 0. The van der Waals surface area contributed by atoms with Crippen LogP contribution < -0.4 is 5.32 Å². The van der Waals surface area contributed by atoms with Crippen LogP contribution in [0.2, 0.25) is 0 Å². The second kappa shape index (κ2) is 6.36. The molecule has 2 aliphatic rings. The van der Waals surface area contributed by atoms with Gasteiger partial charge in [0.05, 0.1) is 6.61 Å². The average molecular weight is 254 g/mol. The van der Waals surface area contributed by atoms with Crippen LogP contribution in [0.4, 0.5) is 0 Å². The van der Waals surface area contributed by atoms with Gasteiger partial charge in [-0.3, -0.25) is 0 Å². The topological polar surface area (TPSA) is 24.5 Å². The summed E-state index contributed by atoms with van der Waals surface area (Å²) < 4.78 is 5.69. The largest absolute Gasteiger partial charge is 0.381 e. The molecule has 2 rings (SSSR count). The van der Waals surface area contributed by atoms with Crippen molar-refractivity contribution in [2.75, 3.05) is 33.4 Å². The molecule has 3 heteroatoms. The minimum Gasteiger partial charge on any atom is -0.381 e. The number of hydrogen-bond acceptors (Lipinski definition) is 3. The molecular weight excluding hydrogens is 224 g/mol. The predicted molar refractivity (Wildman–Crippen MR) is 75.9 cm³/mol. The van der Waals surface area contributed by atoms with Gasteiger partial charge in [-0.05, 0) is 39.2 Å². The number of rotatable bonds is 8. The van der Waals surface area contributed by atoms with E-state index in [4.69, 9.17) is 4.74 Å². The van der Waals surface area contributed by atoms with Crippen LogP contribution in [0.25, 0.3) is 0 Å². The van der Waals surface area contributed by atoms with Gasteiger partial charge in [0, 0.05) is 37.2 Å². The molecule has 0 aromatic carbocycles. The van der Waals surface area contributed by atoms with Crippen molar-refractivity contribution < 1.29 is 4.74 Å². The monoisotopic (exact) mass is 254 g/mol. The van der Waals surface area contributed by atoms with E-state index in [9.17, 15) is 0 Å². The first-order valence-electron chi connectivity index (χ1n) is 7.70. The standard InChI is InChI=1S/C15H30N2O/c1-4-14(5-2)17(3)11-15(8-9-18-12-15)10-16-13-6-7-13/h13-14,16H,4-12H2,1-3H3. The lowest BCUT2D eigenvalue weighted by atomic mass is 9.86. The van der Waals surface area contributed by atoms with Crippen molar-refractivity contribution in [3.05, 3.63) is 0 Å². The quantitative estimate of drug-likeness (QED) is 0.719. The fourth-order valence-electron chi connectivity index (χ4n) is 3.19. The molecule has 18 heavy (non-hydrogen) atoms. The van der Waals surface area contributed by atoms with E-state index in [0.29, 0.717) is 5.41 Å². The van der Waals surface area contributed by atoms with Crippen LogP contribution in [0.5, 0.6) is 0 Å². The Bertz CT molecular complexity index is 243. The van der Waals surface area contributed by atoms with Crippen LogP contribution in [0.3, 0.4) is 0 Å². The summed E-state index contributed by atoms with van der Waals surface area (Å²) in [6.07, 6.45) is 6.47. The summed E-state index contributed by atoms with van der Waals surface area (Å²) in [6, 6.07) is 1.53. The maximum absolute atomic E-state index is 5.69. The Balaban J connectivity index is 1.87. The van der Waals surface area contributed by atoms with Crippen molar-refractivity contribution >= 4 is 0 Å². The highest BCUT2D eigenvalue weighted by atomic mass is 16.5. The van der Waals surface area contributed by atoms with Crippen LogP contribution >= 0.6 is 0 Å². The number of hydrogen-bond donors (Lipinski definition) is 1. The highest BCUT2D eigenvalue weighted by Gasteiger charge is 2.38. The Kier molecular flexibility index (Phi) is 5.05. The van der Waals surface area contributed by atoms with Gasteiger partial charge < -0.3 is 15.0 Å². The Morgan fingerprint density at radius 1 is 1.33 bits per heavy atom. The van der Waals surface area contributed by atoms with Crippen LogP contribution in [0, 0.1) is 5.41 Å². The molecule has 2 fully saturated rings. The first-order valence-corrected chi connectivity index (χ1v) is 7.70. The second-order valence-corrected chi connectivity index (χ2v) is 6.34. The van der Waals surface area contributed by atoms with Crippen molar-refractivity contribution in [1.82, 2.24) is 10.2 Å². The Labute approximate surface area is 112 Å². The molecule has 1 atom stereocenters. The van der Waals surface area contributed by atoms with Gasteiger partial charge in [0.1, 0.15) is 0 Å². The molecule has 106 valence electrons. The third-order valence-electron chi connectivity index (χ3n) is 4.68. The van der Waals surface area contributed by atoms with E-state index in [1.165, 1.54) is 38.6 Å². The van der Waals surface area contributed by atoms with Crippen LogP contribution in [0.1, 0.15) is 46.0 Å². The molecule has 0 aromatic rings. The average Bonchev–Trinajstić information content (AvgIpc) is 3.09. The number of nitrogens with one attached hydrogen (secondary N) is 1. The molecule has 1 saturated heterocycles. The minimum atomic E-state index is 0.361. The molecule has 0 radical (unpaired) electrons. The zero-order chi connectivity index (χ0) is 13.0. The third kappa shape index (κ3) is 3.69. The highest BCUT2D eigenvalue weighted by molar-refractivity contribution is 4.92. The zero-order valence-electron chi connectivity index (χ0n) is 12.4. The summed E-state index contributed by atoms with van der Waals surface area (Å²) in [4.78, 5) is 2.56. The lowest BCUT2D eigenvalue weighted by Gasteiger charge is -2.36. The smallest absolute Gasteiger partial charge is 0.0547 e. The molecule has 1 aliphatic carbocycles. The lowest BCUT2D eigenvalue weighted by molar-refractivity contribution is 0.0977. The van der Waals surface area contributed by atoms with Gasteiger partial charge in [0.15, 0.2) is 0 Å². The SMILES string of the molecule is CCC(CC)N(C)CC1(CNC2CC2)CCOC1. The summed E-state index contributed by atoms with van der Waals surface area (Å²) in [6.45, 7) is 8.80. The Morgan fingerprint density at radius 2 is 2.06 bits per heavy atom. The van der Waals surface area contributed by atoms with E-state index in [-0.39, 0.29) is 0 Å². The molecule has 1 aliphatic heterocycles. The lowest BCUT2D eigenvalue weighted by Crippen LogP contribution is -2.46. The zero-order valence-corrected chi connectivity index (χ0v) is 12.4. The van der Waals surface area contributed by atoms with Gasteiger partial charge in [0.2, 0.25) is 0 Å². The Morgan fingerprint density at radius 3 is 2.56 bits per heavy atom. The van der Waals surface area contributed by atoms with Crippen molar-refractivity contribution in [2.24, 2.45) is 5.41 Å². The molecule has 0 spiro atoms. The molecule has 3 nitrogen and oxygen atoms in total. The van der Waals surface area contributed by atoms with Crippen molar-refractivity contribution in [3.8, 4) is 0 Å². The fraction of sp³-hybridized carbons (Fsp3) is 1.00. The molecule has 0 aromatic heterocycles. The van der Waals surface area contributed by atoms with E-state index in [1.54, 1.807) is 0 Å². The molecule has 1 heterocycles. The molecule has 1 N–H and O–H groups in total. The molecular formula is C15H30N2O. The summed E-state index contributed by atoms with van der Waals surface area (Å²) in [5.41, 5.74) is 0.361. The van der Waals surface area contributed by atoms with Crippen LogP contribution in [-0.2, 0) is 4.74 Å². The van der Waals surface area contributed by atoms with Gasteiger partial charge in [-0.25, -0.2) is 0 Å². The van der Waals surface area contributed by atoms with Gasteiger partial charge >= 0.3 is 0 Å².